The maximum Gasteiger partial charge on any atom is 0.222 e. The molecule has 0 aromatic rings. The van der Waals surface area contributed by atoms with Crippen molar-refractivity contribution in [2.24, 2.45) is 11.7 Å². The number of nitrogens with two attached hydrogens (primary N) is 1. The van der Waals surface area contributed by atoms with Crippen LogP contribution in [-0.2, 0) is 4.79 Å². The first-order valence-corrected chi connectivity index (χ1v) is 7.22. The SMILES string of the molecule is CC1(O)CCN(C(=O)CCC2CCC(N)CC2)C1. The summed E-state index contributed by atoms with van der Waals surface area (Å²) >= 11 is 0. The molecule has 4 nitrogen and oxygen atoms in total. The summed E-state index contributed by atoms with van der Waals surface area (Å²) in [6.07, 6.45) is 6.89. The van der Waals surface area contributed by atoms with Gasteiger partial charge in [0.15, 0.2) is 0 Å². The number of likely N-dealkylation sites (tertiary alicyclic amines) is 1. The Bertz CT molecular complexity index is 296. The number of hydrogen-bond donors (Lipinski definition) is 2. The standard InChI is InChI=1S/C14H26N2O2/c1-14(18)8-9-16(10-14)13(17)7-4-11-2-5-12(15)6-3-11/h11-12,18H,2-10,15H2,1H3. The van der Waals surface area contributed by atoms with Gasteiger partial charge in [0.1, 0.15) is 0 Å². The van der Waals surface area contributed by atoms with E-state index >= 15 is 0 Å². The first kappa shape index (κ1) is 13.8. The van der Waals surface area contributed by atoms with Gasteiger partial charge in [-0.1, -0.05) is 0 Å². The van der Waals surface area contributed by atoms with E-state index in [9.17, 15) is 9.90 Å². The molecule has 0 aromatic heterocycles. The predicted octanol–water partition coefficient (Wildman–Crippen LogP) is 1.27. The lowest BCUT2D eigenvalue weighted by Crippen LogP contribution is -2.34. The van der Waals surface area contributed by atoms with Crippen molar-refractivity contribution in [1.29, 1.82) is 0 Å². The minimum Gasteiger partial charge on any atom is -0.388 e. The summed E-state index contributed by atoms with van der Waals surface area (Å²) < 4.78 is 0. The van der Waals surface area contributed by atoms with Gasteiger partial charge in [-0.15, -0.1) is 0 Å². The Kier molecular flexibility index (Phi) is 4.28. The second-order valence-electron chi connectivity index (χ2n) is 6.38. The third kappa shape index (κ3) is 3.69. The van der Waals surface area contributed by atoms with Gasteiger partial charge in [0.2, 0.25) is 5.91 Å². The molecule has 1 amide bonds. The maximum absolute atomic E-state index is 12.0. The van der Waals surface area contributed by atoms with Crippen LogP contribution in [0.5, 0.6) is 0 Å². The predicted molar refractivity (Wildman–Crippen MR) is 71.0 cm³/mol. The van der Waals surface area contributed by atoms with Crippen molar-refractivity contribution in [3.63, 3.8) is 0 Å². The zero-order chi connectivity index (χ0) is 13.2. The molecule has 1 unspecified atom stereocenters. The second kappa shape index (κ2) is 5.57. The van der Waals surface area contributed by atoms with Gasteiger partial charge in [-0.2, -0.15) is 0 Å². The van der Waals surface area contributed by atoms with Crippen molar-refractivity contribution in [2.45, 2.75) is 63.5 Å². The molecule has 4 heteroatoms. The fourth-order valence-corrected chi connectivity index (χ4v) is 3.12. The van der Waals surface area contributed by atoms with E-state index in [-0.39, 0.29) is 5.91 Å². The van der Waals surface area contributed by atoms with Gasteiger partial charge >= 0.3 is 0 Å². The summed E-state index contributed by atoms with van der Waals surface area (Å²) in [5.74, 6) is 0.888. The lowest BCUT2D eigenvalue weighted by atomic mass is 9.84. The summed E-state index contributed by atoms with van der Waals surface area (Å²) in [5, 5.41) is 9.85. The summed E-state index contributed by atoms with van der Waals surface area (Å²) in [4.78, 5) is 13.8. The number of carbonyl (C=O) groups excluding carboxylic acids is 1. The number of rotatable bonds is 3. The number of carbonyl (C=O) groups is 1. The number of nitrogens with zero attached hydrogens (tertiary/aromatic N) is 1. The van der Waals surface area contributed by atoms with E-state index in [1.807, 2.05) is 11.8 Å². The van der Waals surface area contributed by atoms with Crippen molar-refractivity contribution in [2.75, 3.05) is 13.1 Å². The van der Waals surface area contributed by atoms with E-state index in [4.69, 9.17) is 5.73 Å². The van der Waals surface area contributed by atoms with Crippen LogP contribution in [0.2, 0.25) is 0 Å². The van der Waals surface area contributed by atoms with Gasteiger partial charge in [-0.3, -0.25) is 4.79 Å². The Balaban J connectivity index is 1.69. The fourth-order valence-electron chi connectivity index (χ4n) is 3.12. The molecule has 0 bridgehead atoms. The van der Waals surface area contributed by atoms with Crippen LogP contribution in [0.1, 0.15) is 51.9 Å². The maximum atomic E-state index is 12.0. The van der Waals surface area contributed by atoms with E-state index in [1.54, 1.807) is 0 Å². The van der Waals surface area contributed by atoms with Crippen LogP contribution in [-0.4, -0.2) is 40.6 Å². The number of hydrogen-bond acceptors (Lipinski definition) is 3. The monoisotopic (exact) mass is 254 g/mol. The van der Waals surface area contributed by atoms with Crippen molar-refractivity contribution in [3.05, 3.63) is 0 Å². The molecule has 1 saturated carbocycles. The molecule has 2 fully saturated rings. The van der Waals surface area contributed by atoms with Gasteiger partial charge in [-0.05, 0) is 51.4 Å². The minimum absolute atomic E-state index is 0.211. The molecule has 3 N–H and O–H groups in total. The molecular weight excluding hydrogens is 228 g/mol. The molecular formula is C14H26N2O2. The van der Waals surface area contributed by atoms with Crippen LogP contribution in [0.4, 0.5) is 0 Å². The molecule has 1 atom stereocenters. The Morgan fingerprint density at radius 1 is 1.39 bits per heavy atom. The average Bonchev–Trinajstić information content (AvgIpc) is 2.69. The molecule has 18 heavy (non-hydrogen) atoms. The first-order chi connectivity index (χ1) is 8.46. The normalized spacial score (nSPS) is 36.9. The molecule has 0 aromatic carbocycles. The van der Waals surface area contributed by atoms with Gasteiger partial charge < -0.3 is 15.7 Å². The van der Waals surface area contributed by atoms with Gasteiger partial charge in [0.05, 0.1) is 5.60 Å². The Hall–Kier alpha value is -0.610. The highest BCUT2D eigenvalue weighted by Gasteiger charge is 2.33. The van der Waals surface area contributed by atoms with Crippen LogP contribution >= 0.6 is 0 Å². The van der Waals surface area contributed by atoms with E-state index in [0.717, 1.165) is 19.3 Å². The first-order valence-electron chi connectivity index (χ1n) is 7.22. The van der Waals surface area contributed by atoms with Gasteiger partial charge in [0.25, 0.3) is 0 Å². The van der Waals surface area contributed by atoms with Crippen LogP contribution in [0.25, 0.3) is 0 Å². The quantitative estimate of drug-likeness (QED) is 0.797. The molecule has 2 rings (SSSR count). The zero-order valence-corrected chi connectivity index (χ0v) is 11.4. The van der Waals surface area contributed by atoms with Gasteiger partial charge in [-0.25, -0.2) is 0 Å². The fraction of sp³-hybridized carbons (Fsp3) is 0.929. The molecule has 1 heterocycles. The Labute approximate surface area is 110 Å². The van der Waals surface area contributed by atoms with Crippen molar-refractivity contribution < 1.29 is 9.90 Å². The highest BCUT2D eigenvalue weighted by atomic mass is 16.3. The summed E-state index contributed by atoms with van der Waals surface area (Å²) in [6.45, 7) is 3.02. The zero-order valence-electron chi connectivity index (χ0n) is 11.4. The molecule has 2 aliphatic rings. The molecule has 1 saturated heterocycles. The molecule has 1 aliphatic heterocycles. The van der Waals surface area contributed by atoms with Crippen molar-refractivity contribution in [1.82, 2.24) is 4.90 Å². The second-order valence-corrected chi connectivity index (χ2v) is 6.38. The average molecular weight is 254 g/mol. The van der Waals surface area contributed by atoms with E-state index in [2.05, 4.69) is 0 Å². The highest BCUT2D eigenvalue weighted by Crippen LogP contribution is 2.28. The van der Waals surface area contributed by atoms with Crippen molar-refractivity contribution >= 4 is 5.91 Å². The molecule has 104 valence electrons. The van der Waals surface area contributed by atoms with E-state index in [1.165, 1.54) is 12.8 Å². The van der Waals surface area contributed by atoms with Crippen molar-refractivity contribution in [3.8, 4) is 0 Å². The van der Waals surface area contributed by atoms with Crippen LogP contribution in [0.15, 0.2) is 0 Å². The summed E-state index contributed by atoms with van der Waals surface area (Å²) in [7, 11) is 0. The van der Waals surface area contributed by atoms with Crippen LogP contribution < -0.4 is 5.73 Å². The van der Waals surface area contributed by atoms with Gasteiger partial charge in [0, 0.05) is 25.6 Å². The van der Waals surface area contributed by atoms with E-state index < -0.39 is 5.60 Å². The summed E-state index contributed by atoms with van der Waals surface area (Å²) in [6, 6.07) is 0.380. The third-order valence-corrected chi connectivity index (χ3v) is 4.46. The lowest BCUT2D eigenvalue weighted by molar-refractivity contribution is -0.131. The Morgan fingerprint density at radius 3 is 2.61 bits per heavy atom. The number of aliphatic hydroxyl groups is 1. The smallest absolute Gasteiger partial charge is 0.222 e. The topological polar surface area (TPSA) is 66.6 Å². The summed E-state index contributed by atoms with van der Waals surface area (Å²) in [5.41, 5.74) is 5.21. The largest absolute Gasteiger partial charge is 0.388 e. The Morgan fingerprint density at radius 2 is 2.06 bits per heavy atom. The highest BCUT2D eigenvalue weighted by molar-refractivity contribution is 5.76. The van der Waals surface area contributed by atoms with Crippen LogP contribution in [0.3, 0.4) is 0 Å². The number of β-amino-alcohol motifs (C(OH)–C–C–N with tert-alkyl or cyclic N) is 1. The number of amides is 1. The third-order valence-electron chi connectivity index (χ3n) is 4.46. The molecule has 1 aliphatic carbocycles. The molecule has 0 spiro atoms. The minimum atomic E-state index is -0.673. The lowest BCUT2D eigenvalue weighted by Gasteiger charge is -2.26. The molecule has 0 radical (unpaired) electrons. The van der Waals surface area contributed by atoms with Crippen LogP contribution in [0, 0.1) is 5.92 Å². The van der Waals surface area contributed by atoms with E-state index in [0.29, 0.717) is 37.9 Å².